The number of hydrogen-bond acceptors (Lipinski definition) is 3. The van der Waals surface area contributed by atoms with Gasteiger partial charge in [-0.25, -0.2) is 4.79 Å². The Morgan fingerprint density at radius 2 is 1.50 bits per heavy atom. The molecule has 0 spiro atoms. The van der Waals surface area contributed by atoms with Crippen molar-refractivity contribution in [3.63, 3.8) is 0 Å². The van der Waals surface area contributed by atoms with Gasteiger partial charge in [0.15, 0.2) is 0 Å². The van der Waals surface area contributed by atoms with Crippen molar-refractivity contribution >= 4 is 23.5 Å². The van der Waals surface area contributed by atoms with E-state index in [1.807, 2.05) is 29.2 Å². The Bertz CT molecular complexity index is 1020. The summed E-state index contributed by atoms with van der Waals surface area (Å²) in [5.41, 5.74) is 2.80. The molecular weight excluding hydrogens is 404 g/mol. The maximum absolute atomic E-state index is 13.3. The molecule has 0 aliphatic heterocycles. The van der Waals surface area contributed by atoms with Crippen LogP contribution in [-0.4, -0.2) is 40.9 Å². The van der Waals surface area contributed by atoms with Crippen molar-refractivity contribution < 1.29 is 14.4 Å². The second-order valence-electron chi connectivity index (χ2n) is 9.06. The van der Waals surface area contributed by atoms with Crippen molar-refractivity contribution in [2.45, 2.75) is 63.2 Å². The summed E-state index contributed by atoms with van der Waals surface area (Å²) in [5, 5.41) is 8.70. The summed E-state index contributed by atoms with van der Waals surface area (Å²) in [4.78, 5) is 39.4. The highest BCUT2D eigenvalue weighted by Gasteiger charge is 2.33. The summed E-state index contributed by atoms with van der Waals surface area (Å²) in [5.74, 6) is -0.0847. The SMILES string of the molecule is O=C(Nc1cccc(C(=O)N(Cc2ccc(C(=O)NC3CC3)cc2)C2CC2)c1)NC1CC1. The van der Waals surface area contributed by atoms with Gasteiger partial charge in [-0.15, -0.1) is 0 Å². The lowest BCUT2D eigenvalue weighted by Gasteiger charge is -2.23. The van der Waals surface area contributed by atoms with Gasteiger partial charge in [0, 0.05) is 41.5 Å². The van der Waals surface area contributed by atoms with E-state index in [1.165, 1.54) is 0 Å². The minimum absolute atomic E-state index is 0.0378. The van der Waals surface area contributed by atoms with Crippen molar-refractivity contribution in [2.24, 2.45) is 0 Å². The molecule has 0 saturated heterocycles. The summed E-state index contributed by atoms with van der Waals surface area (Å²) in [6.45, 7) is 0.494. The number of nitrogens with one attached hydrogen (secondary N) is 3. The summed E-state index contributed by atoms with van der Waals surface area (Å²) in [6, 6.07) is 15.2. The minimum Gasteiger partial charge on any atom is -0.349 e. The highest BCUT2D eigenvalue weighted by molar-refractivity contribution is 5.97. The highest BCUT2D eigenvalue weighted by Crippen LogP contribution is 2.30. The Hall–Kier alpha value is -3.35. The van der Waals surface area contributed by atoms with Crippen LogP contribution in [0.4, 0.5) is 10.5 Å². The quantitative estimate of drug-likeness (QED) is 0.595. The van der Waals surface area contributed by atoms with Crippen LogP contribution >= 0.6 is 0 Å². The first-order valence-electron chi connectivity index (χ1n) is 11.4. The molecule has 3 N–H and O–H groups in total. The lowest BCUT2D eigenvalue weighted by Crippen LogP contribution is -2.33. The maximum Gasteiger partial charge on any atom is 0.319 e. The van der Waals surface area contributed by atoms with Crippen LogP contribution in [0, 0.1) is 0 Å². The number of anilines is 1. The number of carbonyl (C=O) groups is 3. The Kier molecular flexibility index (Phi) is 5.55. The second kappa shape index (κ2) is 8.65. The Morgan fingerprint density at radius 1 is 0.812 bits per heavy atom. The fourth-order valence-corrected chi connectivity index (χ4v) is 3.68. The van der Waals surface area contributed by atoms with Crippen LogP contribution in [0.2, 0.25) is 0 Å². The summed E-state index contributed by atoms with van der Waals surface area (Å²) in [7, 11) is 0. The van der Waals surface area contributed by atoms with Gasteiger partial charge in [-0.3, -0.25) is 9.59 Å². The standard InChI is InChI=1S/C25H28N4O3/c30-23(26-19-8-9-19)17-6-4-16(5-7-17)15-29(22-12-13-22)24(31)18-2-1-3-21(14-18)28-25(32)27-20-10-11-20/h1-7,14,19-20,22H,8-13,15H2,(H,26,30)(H2,27,28,32). The summed E-state index contributed by atoms with van der Waals surface area (Å²) >= 11 is 0. The van der Waals surface area contributed by atoms with Crippen LogP contribution in [0.1, 0.15) is 64.8 Å². The molecule has 4 amide bonds. The zero-order chi connectivity index (χ0) is 22.1. The lowest BCUT2D eigenvalue weighted by atomic mass is 10.1. The molecule has 0 unspecified atom stereocenters. The molecule has 3 aliphatic carbocycles. The van der Waals surface area contributed by atoms with Crippen molar-refractivity contribution in [3.05, 3.63) is 65.2 Å². The van der Waals surface area contributed by atoms with E-state index in [-0.39, 0.29) is 29.9 Å². The topological polar surface area (TPSA) is 90.5 Å². The van der Waals surface area contributed by atoms with Crippen molar-refractivity contribution in [3.8, 4) is 0 Å². The molecule has 32 heavy (non-hydrogen) atoms. The van der Waals surface area contributed by atoms with Crippen molar-refractivity contribution in [1.29, 1.82) is 0 Å². The van der Waals surface area contributed by atoms with Gasteiger partial charge in [0.2, 0.25) is 0 Å². The monoisotopic (exact) mass is 432 g/mol. The third kappa shape index (κ3) is 5.28. The second-order valence-corrected chi connectivity index (χ2v) is 9.06. The molecule has 0 atom stereocenters. The molecule has 2 aromatic carbocycles. The molecular formula is C25H28N4O3. The van der Waals surface area contributed by atoms with Gasteiger partial charge in [-0.2, -0.15) is 0 Å². The van der Waals surface area contributed by atoms with E-state index >= 15 is 0 Å². The molecule has 0 radical (unpaired) electrons. The first kappa shape index (κ1) is 20.5. The molecule has 3 aliphatic rings. The number of carbonyl (C=O) groups excluding carboxylic acids is 3. The van der Waals surface area contributed by atoms with Gasteiger partial charge in [0.1, 0.15) is 0 Å². The lowest BCUT2D eigenvalue weighted by molar-refractivity contribution is 0.0729. The Labute approximate surface area is 187 Å². The fourth-order valence-electron chi connectivity index (χ4n) is 3.68. The van der Waals surface area contributed by atoms with Gasteiger partial charge in [-0.05, 0) is 74.4 Å². The van der Waals surface area contributed by atoms with Gasteiger partial charge < -0.3 is 20.9 Å². The molecule has 0 bridgehead atoms. The molecule has 166 valence electrons. The van der Waals surface area contributed by atoms with Crippen LogP contribution < -0.4 is 16.0 Å². The third-order valence-electron chi connectivity index (χ3n) is 6.01. The number of rotatable bonds is 8. The molecule has 7 heteroatoms. The minimum atomic E-state index is -0.234. The smallest absolute Gasteiger partial charge is 0.319 e. The number of hydrogen-bond donors (Lipinski definition) is 3. The predicted octanol–water partition coefficient (Wildman–Crippen LogP) is 3.67. The van der Waals surface area contributed by atoms with Crippen LogP contribution in [0.5, 0.6) is 0 Å². The average Bonchev–Trinajstić information content (AvgIpc) is 3.61. The van der Waals surface area contributed by atoms with Crippen molar-refractivity contribution in [1.82, 2.24) is 15.5 Å². The van der Waals surface area contributed by atoms with E-state index in [1.54, 1.807) is 24.3 Å². The molecule has 0 aromatic heterocycles. The Balaban J connectivity index is 1.24. The van der Waals surface area contributed by atoms with E-state index in [0.29, 0.717) is 29.4 Å². The van der Waals surface area contributed by atoms with Crippen LogP contribution in [0.15, 0.2) is 48.5 Å². The number of urea groups is 1. The molecule has 3 fully saturated rings. The van der Waals surface area contributed by atoms with Gasteiger partial charge in [0.25, 0.3) is 11.8 Å². The number of benzene rings is 2. The first-order valence-corrected chi connectivity index (χ1v) is 11.4. The summed E-state index contributed by atoms with van der Waals surface area (Å²) in [6.07, 6.45) is 6.15. The molecule has 7 nitrogen and oxygen atoms in total. The Morgan fingerprint density at radius 3 is 2.16 bits per heavy atom. The number of nitrogens with zero attached hydrogens (tertiary/aromatic N) is 1. The number of amides is 4. The van der Waals surface area contributed by atoms with E-state index in [2.05, 4.69) is 16.0 Å². The molecule has 0 heterocycles. The zero-order valence-corrected chi connectivity index (χ0v) is 18.0. The highest BCUT2D eigenvalue weighted by atomic mass is 16.2. The molecule has 5 rings (SSSR count). The molecule has 3 saturated carbocycles. The van der Waals surface area contributed by atoms with Gasteiger partial charge >= 0.3 is 6.03 Å². The van der Waals surface area contributed by atoms with E-state index < -0.39 is 0 Å². The fraction of sp³-hybridized carbons (Fsp3) is 0.400. The third-order valence-corrected chi connectivity index (χ3v) is 6.01. The van der Waals surface area contributed by atoms with E-state index in [9.17, 15) is 14.4 Å². The maximum atomic E-state index is 13.3. The zero-order valence-electron chi connectivity index (χ0n) is 18.0. The van der Waals surface area contributed by atoms with Gasteiger partial charge in [0.05, 0.1) is 0 Å². The molecule has 2 aromatic rings. The van der Waals surface area contributed by atoms with Crippen LogP contribution in [0.25, 0.3) is 0 Å². The summed E-state index contributed by atoms with van der Waals surface area (Å²) < 4.78 is 0. The van der Waals surface area contributed by atoms with Gasteiger partial charge in [-0.1, -0.05) is 18.2 Å². The van der Waals surface area contributed by atoms with E-state index in [4.69, 9.17) is 0 Å². The first-order chi connectivity index (χ1) is 15.5. The average molecular weight is 433 g/mol. The van der Waals surface area contributed by atoms with E-state index in [0.717, 1.165) is 44.1 Å². The predicted molar refractivity (Wildman–Crippen MR) is 121 cm³/mol. The normalized spacial score (nSPS) is 17.4. The van der Waals surface area contributed by atoms with Crippen molar-refractivity contribution in [2.75, 3.05) is 5.32 Å². The van der Waals surface area contributed by atoms with Crippen LogP contribution in [-0.2, 0) is 6.54 Å². The largest absolute Gasteiger partial charge is 0.349 e. The van der Waals surface area contributed by atoms with Crippen LogP contribution in [0.3, 0.4) is 0 Å².